The fourth-order valence-corrected chi connectivity index (χ4v) is 8.38. The number of hydrogen-bond donors (Lipinski definition) is 0. The average Bonchev–Trinajstić information content (AvgIpc) is 3.70. The van der Waals surface area contributed by atoms with Gasteiger partial charge in [0.15, 0.2) is 0 Å². The molecule has 0 unspecified atom stereocenters. The molecule has 0 amide bonds. The number of hydrogen-bond acceptors (Lipinski definition) is 0. The van der Waals surface area contributed by atoms with Crippen molar-refractivity contribution in [2.45, 2.75) is 5.41 Å². The Hall–Kier alpha value is -5.66. The van der Waals surface area contributed by atoms with Gasteiger partial charge in [0.25, 0.3) is 0 Å². The fourth-order valence-electron chi connectivity index (χ4n) is 8.38. The molecule has 0 saturated heterocycles. The average molecular weight is 558 g/mol. The molecule has 0 fully saturated rings. The van der Waals surface area contributed by atoms with E-state index < -0.39 is 0 Å². The third kappa shape index (κ3) is 2.89. The van der Waals surface area contributed by atoms with Crippen molar-refractivity contribution in [3.05, 3.63) is 186 Å². The summed E-state index contributed by atoms with van der Waals surface area (Å²) in [6.45, 7) is 0. The van der Waals surface area contributed by atoms with Crippen molar-refractivity contribution in [1.29, 1.82) is 0 Å². The van der Waals surface area contributed by atoms with Gasteiger partial charge in [-0.2, -0.15) is 0 Å². The summed E-state index contributed by atoms with van der Waals surface area (Å²) in [5.74, 6) is 0. The van der Waals surface area contributed by atoms with Gasteiger partial charge in [-0.05, 0) is 79.9 Å². The summed E-state index contributed by atoms with van der Waals surface area (Å²) in [5.41, 5.74) is 16.7. The van der Waals surface area contributed by atoms with Crippen molar-refractivity contribution < 1.29 is 0 Å². The number of aromatic nitrogens is 1. The van der Waals surface area contributed by atoms with Crippen LogP contribution in [-0.2, 0) is 5.41 Å². The lowest BCUT2D eigenvalue weighted by Gasteiger charge is -2.30. The molecule has 0 atom stereocenters. The highest BCUT2D eigenvalue weighted by Crippen LogP contribution is 2.63. The van der Waals surface area contributed by atoms with Crippen LogP contribution in [0.15, 0.2) is 164 Å². The van der Waals surface area contributed by atoms with E-state index in [-0.39, 0.29) is 5.41 Å². The Morgan fingerprint density at radius 2 is 0.909 bits per heavy atom. The van der Waals surface area contributed by atoms with E-state index in [2.05, 4.69) is 168 Å². The molecular weight excluding hydrogens is 530 g/mol. The van der Waals surface area contributed by atoms with Crippen molar-refractivity contribution in [1.82, 2.24) is 4.57 Å². The smallest absolute Gasteiger partial charge is 0.0725 e. The molecular formula is C43H27N. The molecule has 0 N–H and O–H groups in total. The zero-order chi connectivity index (χ0) is 28.8. The third-order valence-electron chi connectivity index (χ3n) is 10.0. The second-order valence-corrected chi connectivity index (χ2v) is 12.0. The first kappa shape index (κ1) is 23.9. The lowest BCUT2D eigenvalue weighted by Crippen LogP contribution is -2.25. The molecule has 0 radical (unpaired) electrons. The van der Waals surface area contributed by atoms with Crippen molar-refractivity contribution >= 4 is 21.8 Å². The minimum Gasteiger partial charge on any atom is -0.309 e. The molecule has 44 heavy (non-hydrogen) atoms. The Kier molecular flexibility index (Phi) is 4.71. The molecule has 8 aromatic rings. The van der Waals surface area contributed by atoms with Gasteiger partial charge in [-0.3, -0.25) is 0 Å². The van der Waals surface area contributed by atoms with Gasteiger partial charge in [0, 0.05) is 16.5 Å². The monoisotopic (exact) mass is 557 g/mol. The molecule has 1 spiro atoms. The Balaban J connectivity index is 1.30. The van der Waals surface area contributed by atoms with Gasteiger partial charge in [-0.1, -0.05) is 140 Å². The van der Waals surface area contributed by atoms with Crippen LogP contribution in [0.2, 0.25) is 0 Å². The molecule has 0 aliphatic heterocycles. The van der Waals surface area contributed by atoms with Crippen LogP contribution < -0.4 is 0 Å². The highest BCUT2D eigenvalue weighted by Gasteiger charge is 2.51. The quantitative estimate of drug-likeness (QED) is 0.199. The Morgan fingerprint density at radius 3 is 1.66 bits per heavy atom. The van der Waals surface area contributed by atoms with Crippen LogP contribution in [0.1, 0.15) is 22.3 Å². The van der Waals surface area contributed by atoms with Gasteiger partial charge in [-0.15, -0.1) is 0 Å². The first-order chi connectivity index (χ1) is 21.9. The molecule has 0 bridgehead atoms. The van der Waals surface area contributed by atoms with E-state index in [1.807, 2.05) is 0 Å². The van der Waals surface area contributed by atoms with Crippen LogP contribution >= 0.6 is 0 Å². The first-order valence-corrected chi connectivity index (χ1v) is 15.4. The van der Waals surface area contributed by atoms with E-state index in [4.69, 9.17) is 0 Å². The lowest BCUT2D eigenvalue weighted by molar-refractivity contribution is 0.794. The molecule has 0 saturated carbocycles. The van der Waals surface area contributed by atoms with E-state index in [1.165, 1.54) is 83.1 Å². The summed E-state index contributed by atoms with van der Waals surface area (Å²) in [6.07, 6.45) is 0. The van der Waals surface area contributed by atoms with Crippen molar-refractivity contribution in [2.24, 2.45) is 0 Å². The molecule has 2 aliphatic carbocycles. The van der Waals surface area contributed by atoms with Gasteiger partial charge in [0.1, 0.15) is 0 Å². The second kappa shape index (κ2) is 8.69. The van der Waals surface area contributed by atoms with Gasteiger partial charge >= 0.3 is 0 Å². The number of fused-ring (bicyclic) bond motifs is 13. The SMILES string of the molecule is c1ccc(-n2c3ccccc3c3ccc(-c4cccc5c4-c4ccccc4C54c5ccccc5-c5ccccc54)cc32)cc1. The fraction of sp³-hybridized carbons (Fsp3) is 0.0233. The summed E-state index contributed by atoms with van der Waals surface area (Å²) >= 11 is 0. The van der Waals surface area contributed by atoms with Crippen molar-refractivity contribution in [2.75, 3.05) is 0 Å². The van der Waals surface area contributed by atoms with Crippen LogP contribution in [-0.4, -0.2) is 4.57 Å². The third-order valence-corrected chi connectivity index (χ3v) is 10.0. The summed E-state index contributed by atoms with van der Waals surface area (Å²) in [5, 5.41) is 2.55. The topological polar surface area (TPSA) is 4.93 Å². The molecule has 1 heteroatoms. The van der Waals surface area contributed by atoms with E-state index in [0.29, 0.717) is 0 Å². The molecule has 1 nitrogen and oxygen atoms in total. The Labute approximate surface area is 256 Å². The van der Waals surface area contributed by atoms with Crippen LogP contribution in [0.25, 0.3) is 60.9 Å². The first-order valence-electron chi connectivity index (χ1n) is 15.4. The number of rotatable bonds is 2. The van der Waals surface area contributed by atoms with Crippen LogP contribution in [0, 0.1) is 0 Å². The van der Waals surface area contributed by atoms with E-state index in [0.717, 1.165) is 0 Å². The molecule has 1 aromatic heterocycles. The van der Waals surface area contributed by atoms with E-state index >= 15 is 0 Å². The maximum atomic E-state index is 2.41. The maximum absolute atomic E-state index is 2.41. The number of benzene rings is 7. The van der Waals surface area contributed by atoms with Crippen LogP contribution in [0.3, 0.4) is 0 Å². The van der Waals surface area contributed by atoms with Crippen LogP contribution in [0.5, 0.6) is 0 Å². The van der Waals surface area contributed by atoms with Gasteiger partial charge in [0.05, 0.1) is 16.4 Å². The summed E-state index contributed by atoms with van der Waals surface area (Å²) in [6, 6.07) is 60.6. The Bertz CT molecular complexity index is 2400. The molecule has 204 valence electrons. The largest absolute Gasteiger partial charge is 0.309 e. The molecule has 10 rings (SSSR count). The Morgan fingerprint density at radius 1 is 0.364 bits per heavy atom. The number of para-hydroxylation sites is 2. The summed E-state index contributed by atoms with van der Waals surface area (Å²) in [4.78, 5) is 0. The van der Waals surface area contributed by atoms with Gasteiger partial charge < -0.3 is 4.57 Å². The zero-order valence-electron chi connectivity index (χ0n) is 24.0. The standard InChI is InChI=1S/C43H27N/c1-2-13-29(14-3-1)44-40-24-11-7-17-33(40)34-26-25-28(27-41(34)44)30-19-12-23-39-42(30)35-18-6-10-22-38(35)43(39)36-20-8-4-15-31(36)32-16-5-9-21-37(32)43/h1-27H. The zero-order valence-corrected chi connectivity index (χ0v) is 24.0. The van der Waals surface area contributed by atoms with Gasteiger partial charge in [0.2, 0.25) is 0 Å². The molecule has 2 aliphatic rings. The predicted octanol–water partition coefficient (Wildman–Crippen LogP) is 10.8. The number of nitrogens with zero attached hydrogens (tertiary/aromatic N) is 1. The summed E-state index contributed by atoms with van der Waals surface area (Å²) < 4.78 is 2.41. The maximum Gasteiger partial charge on any atom is 0.0725 e. The normalized spacial score (nSPS) is 13.6. The van der Waals surface area contributed by atoms with E-state index in [9.17, 15) is 0 Å². The minimum atomic E-state index is -0.335. The van der Waals surface area contributed by atoms with Crippen molar-refractivity contribution in [3.63, 3.8) is 0 Å². The lowest BCUT2D eigenvalue weighted by atomic mass is 9.70. The highest BCUT2D eigenvalue weighted by molar-refractivity contribution is 6.11. The summed E-state index contributed by atoms with van der Waals surface area (Å²) in [7, 11) is 0. The molecule has 1 heterocycles. The van der Waals surface area contributed by atoms with Gasteiger partial charge in [-0.25, -0.2) is 0 Å². The second-order valence-electron chi connectivity index (χ2n) is 12.0. The van der Waals surface area contributed by atoms with Crippen molar-refractivity contribution in [3.8, 4) is 39.1 Å². The molecule has 7 aromatic carbocycles. The van der Waals surface area contributed by atoms with Crippen LogP contribution in [0.4, 0.5) is 0 Å². The predicted molar refractivity (Wildman–Crippen MR) is 183 cm³/mol. The highest BCUT2D eigenvalue weighted by atomic mass is 15.0. The van der Waals surface area contributed by atoms with E-state index in [1.54, 1.807) is 0 Å². The minimum absolute atomic E-state index is 0.335.